The number of hydrogen-bond donors (Lipinski definition) is 3. The summed E-state index contributed by atoms with van der Waals surface area (Å²) in [6.07, 6.45) is 4.29. The van der Waals surface area contributed by atoms with Gasteiger partial charge in [-0.2, -0.15) is 0 Å². The Morgan fingerprint density at radius 2 is 1.71 bits per heavy atom. The quantitative estimate of drug-likeness (QED) is 0.386. The molecule has 0 spiro atoms. The molecule has 0 aliphatic carbocycles. The number of rotatable bonds is 11. The summed E-state index contributed by atoms with van der Waals surface area (Å²) < 4.78 is 27.4. The second kappa shape index (κ2) is 10.7. The molecule has 0 amide bonds. The van der Waals surface area contributed by atoms with Crippen LogP contribution in [0.1, 0.15) is 50.2 Å². The second-order valence-corrected chi connectivity index (χ2v) is 9.77. The van der Waals surface area contributed by atoms with Crippen LogP contribution in [0.5, 0.6) is 5.75 Å². The first kappa shape index (κ1) is 23.2. The highest BCUT2D eigenvalue weighted by Gasteiger charge is 2.13. The number of phenolic OH excluding ortho intramolecular Hbond substituents is 1. The number of fused-ring (bicyclic) bond motifs is 1. The maximum absolute atomic E-state index is 12.4. The molecule has 2 aromatic carbocycles. The van der Waals surface area contributed by atoms with E-state index in [9.17, 15) is 13.5 Å². The lowest BCUT2D eigenvalue weighted by Crippen LogP contribution is -2.25. The van der Waals surface area contributed by atoms with Crippen molar-refractivity contribution < 1.29 is 13.5 Å². The number of phenols is 1. The molecule has 31 heavy (non-hydrogen) atoms. The van der Waals surface area contributed by atoms with Gasteiger partial charge in [0.15, 0.2) is 0 Å². The van der Waals surface area contributed by atoms with Crippen LogP contribution in [0.3, 0.4) is 0 Å². The molecule has 166 valence electrons. The van der Waals surface area contributed by atoms with Crippen molar-refractivity contribution in [1.29, 1.82) is 0 Å². The molecular formula is C24H31N3O3S. The smallest absolute Gasteiger partial charge is 0.240 e. The van der Waals surface area contributed by atoms with Gasteiger partial charge in [0.05, 0.1) is 4.90 Å². The van der Waals surface area contributed by atoms with E-state index in [2.05, 4.69) is 28.9 Å². The molecule has 6 nitrogen and oxygen atoms in total. The number of aromatic nitrogens is 1. The minimum atomic E-state index is -3.46. The Kier molecular flexibility index (Phi) is 8.01. The molecule has 0 aliphatic heterocycles. The number of sulfonamides is 1. The normalized spacial score (nSPS) is 12.0. The SMILES string of the molecule is CC(C)c1ccc(S(=O)(=O)NCCCCCNCc2ccc3cccnc3c2O)cc1. The van der Waals surface area contributed by atoms with Crippen molar-refractivity contribution in [2.75, 3.05) is 13.1 Å². The molecule has 7 heteroatoms. The number of nitrogens with zero attached hydrogens (tertiary/aromatic N) is 1. The standard InChI is InChI=1S/C24H31N3O3S/c1-18(2)19-10-12-22(13-11-19)31(29,30)27-16-5-3-4-14-25-17-21-9-8-20-7-6-15-26-23(20)24(21)28/h6-13,15,18,25,27-28H,3-5,14,16-17H2,1-2H3. The van der Waals surface area contributed by atoms with E-state index in [4.69, 9.17) is 0 Å². The van der Waals surface area contributed by atoms with E-state index in [1.54, 1.807) is 18.3 Å². The van der Waals surface area contributed by atoms with Crippen molar-refractivity contribution >= 4 is 20.9 Å². The fourth-order valence-electron chi connectivity index (χ4n) is 3.41. The highest BCUT2D eigenvalue weighted by atomic mass is 32.2. The molecule has 0 radical (unpaired) electrons. The lowest BCUT2D eigenvalue weighted by Gasteiger charge is -2.10. The predicted molar refractivity (Wildman–Crippen MR) is 125 cm³/mol. The van der Waals surface area contributed by atoms with Gasteiger partial charge in [0.2, 0.25) is 10.0 Å². The molecule has 0 saturated heterocycles. The van der Waals surface area contributed by atoms with Gasteiger partial charge in [0, 0.05) is 30.2 Å². The monoisotopic (exact) mass is 441 g/mol. The molecule has 3 aromatic rings. The van der Waals surface area contributed by atoms with Gasteiger partial charge in [-0.25, -0.2) is 13.1 Å². The van der Waals surface area contributed by atoms with Crippen LogP contribution in [-0.4, -0.2) is 31.6 Å². The van der Waals surface area contributed by atoms with Gasteiger partial charge in [0.1, 0.15) is 11.3 Å². The zero-order valence-electron chi connectivity index (χ0n) is 18.1. The Bertz CT molecular complexity index is 1100. The summed E-state index contributed by atoms with van der Waals surface area (Å²) in [6, 6.07) is 14.7. The molecule has 0 atom stereocenters. The summed E-state index contributed by atoms with van der Waals surface area (Å²) in [5, 5.41) is 14.6. The summed E-state index contributed by atoms with van der Waals surface area (Å²) >= 11 is 0. The predicted octanol–water partition coefficient (Wildman–Crippen LogP) is 4.30. The number of pyridine rings is 1. The van der Waals surface area contributed by atoms with Crippen LogP contribution < -0.4 is 10.0 Å². The molecular weight excluding hydrogens is 410 g/mol. The highest BCUT2D eigenvalue weighted by Crippen LogP contribution is 2.26. The van der Waals surface area contributed by atoms with Gasteiger partial charge in [-0.3, -0.25) is 4.98 Å². The van der Waals surface area contributed by atoms with Crippen LogP contribution in [0.4, 0.5) is 0 Å². The summed E-state index contributed by atoms with van der Waals surface area (Å²) in [7, 11) is -3.46. The molecule has 0 saturated carbocycles. The van der Waals surface area contributed by atoms with Gasteiger partial charge in [0.25, 0.3) is 0 Å². The molecule has 3 N–H and O–H groups in total. The lowest BCUT2D eigenvalue weighted by atomic mass is 10.0. The highest BCUT2D eigenvalue weighted by molar-refractivity contribution is 7.89. The minimum absolute atomic E-state index is 0.224. The molecule has 3 rings (SSSR count). The topological polar surface area (TPSA) is 91.3 Å². The van der Waals surface area contributed by atoms with E-state index in [0.29, 0.717) is 29.4 Å². The van der Waals surface area contributed by atoms with Crippen molar-refractivity contribution in [3.05, 3.63) is 65.9 Å². The van der Waals surface area contributed by atoms with Crippen LogP contribution in [0.2, 0.25) is 0 Å². The molecule has 1 aromatic heterocycles. The van der Waals surface area contributed by atoms with E-state index in [0.717, 1.165) is 42.3 Å². The molecule has 0 bridgehead atoms. The zero-order chi connectivity index (χ0) is 22.3. The van der Waals surface area contributed by atoms with E-state index in [-0.39, 0.29) is 5.75 Å². The zero-order valence-corrected chi connectivity index (χ0v) is 19.0. The van der Waals surface area contributed by atoms with Crippen LogP contribution in [-0.2, 0) is 16.6 Å². The summed E-state index contributed by atoms with van der Waals surface area (Å²) in [4.78, 5) is 4.55. The Morgan fingerprint density at radius 3 is 2.45 bits per heavy atom. The van der Waals surface area contributed by atoms with E-state index in [1.807, 2.05) is 36.4 Å². The maximum Gasteiger partial charge on any atom is 0.240 e. The number of nitrogens with one attached hydrogen (secondary N) is 2. The fraction of sp³-hybridized carbons (Fsp3) is 0.375. The van der Waals surface area contributed by atoms with Crippen LogP contribution >= 0.6 is 0 Å². The van der Waals surface area contributed by atoms with E-state index >= 15 is 0 Å². The van der Waals surface area contributed by atoms with Gasteiger partial charge >= 0.3 is 0 Å². The summed E-state index contributed by atoms with van der Waals surface area (Å²) in [5.41, 5.74) is 2.56. The first-order chi connectivity index (χ1) is 14.9. The number of benzene rings is 2. The molecule has 1 heterocycles. The molecule has 0 unspecified atom stereocenters. The largest absolute Gasteiger partial charge is 0.505 e. The van der Waals surface area contributed by atoms with Crippen LogP contribution in [0.15, 0.2) is 59.6 Å². The van der Waals surface area contributed by atoms with Crippen molar-refractivity contribution in [2.24, 2.45) is 0 Å². The molecule has 0 aliphatic rings. The van der Waals surface area contributed by atoms with Crippen molar-refractivity contribution in [3.8, 4) is 5.75 Å². The van der Waals surface area contributed by atoms with E-state index < -0.39 is 10.0 Å². The van der Waals surface area contributed by atoms with E-state index in [1.165, 1.54) is 0 Å². The van der Waals surface area contributed by atoms with Crippen molar-refractivity contribution in [2.45, 2.75) is 50.5 Å². The van der Waals surface area contributed by atoms with Gasteiger partial charge in [-0.15, -0.1) is 0 Å². The third-order valence-corrected chi connectivity index (χ3v) is 6.80. The molecule has 0 fully saturated rings. The van der Waals surface area contributed by atoms with Crippen molar-refractivity contribution in [1.82, 2.24) is 15.0 Å². The Balaban J connectivity index is 1.35. The first-order valence-electron chi connectivity index (χ1n) is 10.7. The fourth-order valence-corrected chi connectivity index (χ4v) is 4.48. The Morgan fingerprint density at radius 1 is 0.968 bits per heavy atom. The number of unbranched alkanes of at least 4 members (excludes halogenated alkanes) is 2. The van der Waals surface area contributed by atoms with Crippen LogP contribution in [0.25, 0.3) is 10.9 Å². The first-order valence-corrected chi connectivity index (χ1v) is 12.2. The summed E-state index contributed by atoms with van der Waals surface area (Å²) in [6.45, 7) is 5.95. The minimum Gasteiger partial charge on any atom is -0.505 e. The maximum atomic E-state index is 12.4. The van der Waals surface area contributed by atoms with Gasteiger partial charge in [-0.1, -0.05) is 50.6 Å². The third-order valence-electron chi connectivity index (χ3n) is 5.33. The lowest BCUT2D eigenvalue weighted by molar-refractivity contribution is 0.469. The van der Waals surface area contributed by atoms with Crippen LogP contribution in [0, 0.1) is 0 Å². The second-order valence-electron chi connectivity index (χ2n) is 8.01. The summed E-state index contributed by atoms with van der Waals surface area (Å²) in [5.74, 6) is 0.599. The van der Waals surface area contributed by atoms with Gasteiger partial charge < -0.3 is 10.4 Å². The Labute approximate surface area is 184 Å². The average Bonchev–Trinajstić information content (AvgIpc) is 2.77. The van der Waals surface area contributed by atoms with Crippen molar-refractivity contribution in [3.63, 3.8) is 0 Å². The van der Waals surface area contributed by atoms with Gasteiger partial charge in [-0.05, 0) is 49.1 Å². The average molecular weight is 442 g/mol. The number of hydrogen-bond acceptors (Lipinski definition) is 5. The number of aromatic hydroxyl groups is 1. The Hall–Kier alpha value is -2.48. The third kappa shape index (κ3) is 6.26.